The van der Waals surface area contributed by atoms with Gasteiger partial charge in [-0.1, -0.05) is 60.7 Å². The lowest BCUT2D eigenvalue weighted by Gasteiger charge is -2.32. The van der Waals surface area contributed by atoms with Crippen LogP contribution in [0.25, 0.3) is 0 Å². The lowest BCUT2D eigenvalue weighted by atomic mass is 10.0. The Balaban J connectivity index is 1.82. The summed E-state index contributed by atoms with van der Waals surface area (Å²) in [5, 5.41) is 2.77. The van der Waals surface area contributed by atoms with Crippen LogP contribution in [0.1, 0.15) is 17.2 Å². The van der Waals surface area contributed by atoms with Crippen LogP contribution in [0.2, 0.25) is 0 Å². The number of hydrogen-bond acceptors (Lipinski definition) is 2. The van der Waals surface area contributed by atoms with Crippen LogP contribution >= 0.6 is 0 Å². The van der Waals surface area contributed by atoms with Crippen molar-refractivity contribution in [2.24, 2.45) is 0 Å². The third-order valence-electron chi connectivity index (χ3n) is 3.55. The number of carbonyl (C=O) groups is 2. The summed E-state index contributed by atoms with van der Waals surface area (Å²) in [7, 11) is 0. The molecule has 2 aromatic carbocycles. The van der Waals surface area contributed by atoms with Crippen molar-refractivity contribution in [3.8, 4) is 0 Å². The van der Waals surface area contributed by atoms with Crippen LogP contribution in [-0.2, 0) is 16.1 Å². The van der Waals surface area contributed by atoms with Crippen molar-refractivity contribution in [1.29, 1.82) is 0 Å². The second kappa shape index (κ2) is 5.79. The molecule has 2 amide bonds. The third kappa shape index (κ3) is 2.94. The molecule has 1 aliphatic rings. The predicted octanol–water partition coefficient (Wildman–Crippen LogP) is 1.89. The summed E-state index contributed by atoms with van der Waals surface area (Å²) in [6.07, 6.45) is 0. The second-order valence-electron chi connectivity index (χ2n) is 5.09. The van der Waals surface area contributed by atoms with Crippen molar-refractivity contribution in [2.75, 3.05) is 6.54 Å². The van der Waals surface area contributed by atoms with Crippen molar-refractivity contribution in [2.45, 2.75) is 12.6 Å². The van der Waals surface area contributed by atoms with Crippen molar-refractivity contribution in [3.63, 3.8) is 0 Å². The molecule has 0 saturated carbocycles. The number of nitrogens with one attached hydrogen (secondary N) is 1. The van der Waals surface area contributed by atoms with E-state index < -0.39 is 6.04 Å². The highest BCUT2D eigenvalue weighted by Gasteiger charge is 2.33. The molecule has 2 aromatic rings. The molecule has 1 atom stereocenters. The first-order valence-electron chi connectivity index (χ1n) is 6.91. The SMILES string of the molecule is O=C1CN(Cc2ccccc2)C(=O)C(c2ccccc2)N1. The molecule has 0 aromatic heterocycles. The van der Waals surface area contributed by atoms with Gasteiger partial charge in [0.2, 0.25) is 5.91 Å². The minimum atomic E-state index is -0.587. The van der Waals surface area contributed by atoms with Gasteiger partial charge in [-0.05, 0) is 11.1 Å². The van der Waals surface area contributed by atoms with Gasteiger partial charge in [0, 0.05) is 6.54 Å². The van der Waals surface area contributed by atoms with Crippen molar-refractivity contribution < 1.29 is 9.59 Å². The number of benzene rings is 2. The van der Waals surface area contributed by atoms with Gasteiger partial charge in [0.25, 0.3) is 5.91 Å². The van der Waals surface area contributed by atoms with E-state index in [4.69, 9.17) is 0 Å². The topological polar surface area (TPSA) is 49.4 Å². The third-order valence-corrected chi connectivity index (χ3v) is 3.55. The van der Waals surface area contributed by atoms with Crippen molar-refractivity contribution >= 4 is 11.8 Å². The number of amides is 2. The van der Waals surface area contributed by atoms with Crippen LogP contribution in [0.4, 0.5) is 0 Å². The quantitative estimate of drug-likeness (QED) is 0.933. The van der Waals surface area contributed by atoms with E-state index in [0.29, 0.717) is 6.54 Å². The minimum absolute atomic E-state index is 0.0651. The smallest absolute Gasteiger partial charge is 0.250 e. The molecule has 4 nitrogen and oxygen atoms in total. The zero-order valence-corrected chi connectivity index (χ0v) is 11.5. The van der Waals surface area contributed by atoms with E-state index in [1.54, 1.807) is 4.90 Å². The van der Waals surface area contributed by atoms with Crippen LogP contribution in [0.15, 0.2) is 60.7 Å². The lowest BCUT2D eigenvalue weighted by Crippen LogP contribution is -2.52. The molecule has 106 valence electrons. The van der Waals surface area contributed by atoms with Crippen LogP contribution in [0.5, 0.6) is 0 Å². The molecule has 0 bridgehead atoms. The van der Waals surface area contributed by atoms with Gasteiger partial charge in [0.15, 0.2) is 0 Å². The summed E-state index contributed by atoms with van der Waals surface area (Å²) in [5.74, 6) is -0.191. The number of piperazine rings is 1. The van der Waals surface area contributed by atoms with Crippen LogP contribution in [0, 0.1) is 0 Å². The summed E-state index contributed by atoms with van der Waals surface area (Å²) in [5.41, 5.74) is 1.83. The maximum Gasteiger partial charge on any atom is 0.250 e. The van der Waals surface area contributed by atoms with E-state index in [0.717, 1.165) is 11.1 Å². The first-order valence-corrected chi connectivity index (χ1v) is 6.91. The van der Waals surface area contributed by atoms with E-state index in [9.17, 15) is 9.59 Å². The van der Waals surface area contributed by atoms with Crippen LogP contribution < -0.4 is 5.32 Å². The molecular formula is C17H16N2O2. The number of nitrogens with zero attached hydrogens (tertiary/aromatic N) is 1. The largest absolute Gasteiger partial charge is 0.339 e. The fourth-order valence-corrected chi connectivity index (χ4v) is 2.51. The first-order chi connectivity index (χ1) is 10.2. The zero-order chi connectivity index (χ0) is 14.7. The summed E-state index contributed by atoms with van der Waals surface area (Å²) in [6.45, 7) is 0.563. The Hall–Kier alpha value is -2.62. The van der Waals surface area contributed by atoms with E-state index >= 15 is 0 Å². The normalized spacial score (nSPS) is 18.5. The highest BCUT2D eigenvalue weighted by molar-refractivity contribution is 5.95. The lowest BCUT2D eigenvalue weighted by molar-refractivity contribution is -0.145. The molecule has 0 spiro atoms. The van der Waals surface area contributed by atoms with Gasteiger partial charge in [-0.2, -0.15) is 0 Å². The Bertz CT molecular complexity index is 640. The summed E-state index contributed by atoms with van der Waals surface area (Å²) >= 11 is 0. The Kier molecular flexibility index (Phi) is 3.69. The Morgan fingerprint density at radius 1 is 0.952 bits per heavy atom. The van der Waals surface area contributed by atoms with Gasteiger partial charge in [0.05, 0.1) is 6.54 Å². The molecule has 1 heterocycles. The molecule has 1 N–H and O–H groups in total. The van der Waals surface area contributed by atoms with Crippen molar-refractivity contribution in [1.82, 2.24) is 10.2 Å². The van der Waals surface area contributed by atoms with E-state index in [-0.39, 0.29) is 18.4 Å². The number of rotatable bonds is 3. The van der Waals surface area contributed by atoms with Crippen molar-refractivity contribution in [3.05, 3.63) is 71.8 Å². The summed E-state index contributed by atoms with van der Waals surface area (Å²) < 4.78 is 0. The molecule has 0 aliphatic carbocycles. The molecular weight excluding hydrogens is 264 g/mol. The van der Waals surface area contributed by atoms with E-state index in [1.165, 1.54) is 0 Å². The van der Waals surface area contributed by atoms with Crippen LogP contribution in [0.3, 0.4) is 0 Å². The Morgan fingerprint density at radius 2 is 1.57 bits per heavy atom. The maximum atomic E-state index is 12.6. The van der Waals surface area contributed by atoms with E-state index in [2.05, 4.69) is 5.32 Å². The van der Waals surface area contributed by atoms with Gasteiger partial charge in [0.1, 0.15) is 6.04 Å². The van der Waals surface area contributed by atoms with Gasteiger partial charge < -0.3 is 10.2 Å². The predicted molar refractivity (Wildman–Crippen MR) is 79.2 cm³/mol. The maximum absolute atomic E-state index is 12.6. The van der Waals surface area contributed by atoms with E-state index in [1.807, 2.05) is 60.7 Å². The molecule has 1 saturated heterocycles. The highest BCUT2D eigenvalue weighted by atomic mass is 16.2. The molecule has 1 aliphatic heterocycles. The molecule has 1 fully saturated rings. The minimum Gasteiger partial charge on any atom is -0.339 e. The summed E-state index contributed by atoms with van der Waals surface area (Å²) in [4.78, 5) is 26.1. The van der Waals surface area contributed by atoms with Crippen LogP contribution in [-0.4, -0.2) is 23.3 Å². The second-order valence-corrected chi connectivity index (χ2v) is 5.09. The molecule has 0 radical (unpaired) electrons. The van der Waals surface area contributed by atoms with Gasteiger partial charge in [-0.15, -0.1) is 0 Å². The molecule has 3 rings (SSSR count). The zero-order valence-electron chi connectivity index (χ0n) is 11.5. The molecule has 21 heavy (non-hydrogen) atoms. The Labute approximate surface area is 123 Å². The van der Waals surface area contributed by atoms with Gasteiger partial charge >= 0.3 is 0 Å². The standard InChI is InChI=1S/C17H16N2O2/c20-15-12-19(11-13-7-3-1-4-8-13)17(21)16(18-15)14-9-5-2-6-10-14/h1-10,16H,11-12H2,(H,18,20). The Morgan fingerprint density at radius 3 is 2.24 bits per heavy atom. The summed E-state index contributed by atoms with van der Waals surface area (Å²) in [6, 6.07) is 18.4. The highest BCUT2D eigenvalue weighted by Crippen LogP contribution is 2.20. The monoisotopic (exact) mass is 280 g/mol. The van der Waals surface area contributed by atoms with Gasteiger partial charge in [-0.25, -0.2) is 0 Å². The molecule has 1 unspecified atom stereocenters. The first kappa shape index (κ1) is 13.4. The number of hydrogen-bond donors (Lipinski definition) is 1. The fourth-order valence-electron chi connectivity index (χ4n) is 2.51. The average molecular weight is 280 g/mol. The average Bonchev–Trinajstić information content (AvgIpc) is 2.52. The molecule has 4 heteroatoms. The fraction of sp³-hybridized carbons (Fsp3) is 0.176. The number of carbonyl (C=O) groups excluding carboxylic acids is 2. The van der Waals surface area contributed by atoms with Gasteiger partial charge in [-0.3, -0.25) is 9.59 Å².